The number of aliphatic hydroxyl groups excluding tert-OH is 1. The van der Waals surface area contributed by atoms with Crippen LogP contribution in [0, 0.1) is 0 Å². The summed E-state index contributed by atoms with van der Waals surface area (Å²) in [7, 11) is 0. The van der Waals surface area contributed by atoms with Gasteiger partial charge in [-0.15, -0.1) is 11.8 Å². The minimum atomic E-state index is -0.404. The van der Waals surface area contributed by atoms with Gasteiger partial charge in [0.05, 0.1) is 11.5 Å². The van der Waals surface area contributed by atoms with E-state index in [-0.39, 0.29) is 5.44 Å². The predicted molar refractivity (Wildman–Crippen MR) is 64.9 cm³/mol. The molecule has 2 nitrogen and oxygen atoms in total. The summed E-state index contributed by atoms with van der Waals surface area (Å²) in [5.74, 6) is 0.672. The molecule has 0 aliphatic rings. The number of rotatable bonds is 6. The predicted octanol–water partition coefficient (Wildman–Crippen LogP) is 2.84. The lowest BCUT2D eigenvalue weighted by Gasteiger charge is -2.14. The van der Waals surface area contributed by atoms with Crippen molar-refractivity contribution in [3.8, 4) is 0 Å². The monoisotopic (exact) mass is 226 g/mol. The van der Waals surface area contributed by atoms with Crippen LogP contribution < -0.4 is 0 Å². The standard InChI is InChI=1S/C12H18O2S/c1-3-14-10(2)15-9-12(13)11-7-5-4-6-8-11/h4-8,10,12-13H,3,9H2,1-2H3/t10-,12+/m0/s1. The fourth-order valence-corrected chi connectivity index (χ4v) is 2.16. The lowest BCUT2D eigenvalue weighted by molar-refractivity contribution is 0.135. The van der Waals surface area contributed by atoms with E-state index in [0.717, 1.165) is 12.2 Å². The lowest BCUT2D eigenvalue weighted by atomic mass is 10.1. The zero-order chi connectivity index (χ0) is 11.1. The molecule has 84 valence electrons. The van der Waals surface area contributed by atoms with Gasteiger partial charge in [0.2, 0.25) is 0 Å². The Morgan fingerprint density at radius 2 is 2.00 bits per heavy atom. The van der Waals surface area contributed by atoms with Crippen molar-refractivity contribution in [3.63, 3.8) is 0 Å². The highest BCUT2D eigenvalue weighted by molar-refractivity contribution is 7.99. The Kier molecular flexibility index (Phi) is 5.76. The summed E-state index contributed by atoms with van der Waals surface area (Å²) in [5, 5.41) is 9.86. The molecule has 0 unspecified atom stereocenters. The van der Waals surface area contributed by atoms with Crippen LogP contribution >= 0.6 is 11.8 Å². The quantitative estimate of drug-likeness (QED) is 0.756. The van der Waals surface area contributed by atoms with E-state index >= 15 is 0 Å². The van der Waals surface area contributed by atoms with E-state index in [1.807, 2.05) is 44.2 Å². The van der Waals surface area contributed by atoms with Crippen molar-refractivity contribution in [1.29, 1.82) is 0 Å². The molecule has 1 aromatic rings. The van der Waals surface area contributed by atoms with Crippen molar-refractivity contribution in [2.45, 2.75) is 25.4 Å². The fraction of sp³-hybridized carbons (Fsp3) is 0.500. The number of thioether (sulfide) groups is 1. The molecule has 0 aliphatic heterocycles. The van der Waals surface area contributed by atoms with Crippen molar-refractivity contribution < 1.29 is 9.84 Å². The van der Waals surface area contributed by atoms with Gasteiger partial charge in [0, 0.05) is 12.4 Å². The second-order valence-corrected chi connectivity index (χ2v) is 4.61. The average molecular weight is 226 g/mol. The summed E-state index contributed by atoms with van der Waals surface area (Å²) in [6.07, 6.45) is -0.404. The molecule has 0 saturated carbocycles. The molecular formula is C12H18O2S. The fourth-order valence-electron chi connectivity index (χ4n) is 1.28. The zero-order valence-corrected chi connectivity index (χ0v) is 10.0. The van der Waals surface area contributed by atoms with Crippen molar-refractivity contribution >= 4 is 11.8 Å². The van der Waals surface area contributed by atoms with Crippen molar-refractivity contribution in [1.82, 2.24) is 0 Å². The van der Waals surface area contributed by atoms with Crippen LogP contribution in [0.25, 0.3) is 0 Å². The first-order chi connectivity index (χ1) is 7.24. The van der Waals surface area contributed by atoms with Crippen LogP contribution in [0.15, 0.2) is 30.3 Å². The summed E-state index contributed by atoms with van der Waals surface area (Å²) < 4.78 is 5.38. The van der Waals surface area contributed by atoms with E-state index in [0.29, 0.717) is 5.75 Å². The number of hydrogen-bond donors (Lipinski definition) is 1. The van der Waals surface area contributed by atoms with E-state index < -0.39 is 6.10 Å². The minimum absolute atomic E-state index is 0.147. The van der Waals surface area contributed by atoms with Crippen molar-refractivity contribution in [3.05, 3.63) is 35.9 Å². The molecule has 0 amide bonds. The molecule has 1 rings (SSSR count). The molecule has 15 heavy (non-hydrogen) atoms. The molecule has 0 aliphatic carbocycles. The van der Waals surface area contributed by atoms with Gasteiger partial charge in [0.1, 0.15) is 0 Å². The van der Waals surface area contributed by atoms with Gasteiger partial charge in [-0.1, -0.05) is 30.3 Å². The van der Waals surface area contributed by atoms with Gasteiger partial charge in [0.25, 0.3) is 0 Å². The van der Waals surface area contributed by atoms with Gasteiger partial charge in [0.15, 0.2) is 0 Å². The molecule has 0 aromatic heterocycles. The highest BCUT2D eigenvalue weighted by atomic mass is 32.2. The topological polar surface area (TPSA) is 29.5 Å². The number of ether oxygens (including phenoxy) is 1. The Bertz CT molecular complexity index is 264. The molecule has 0 heterocycles. The maximum absolute atomic E-state index is 9.86. The van der Waals surface area contributed by atoms with Gasteiger partial charge in [-0.3, -0.25) is 0 Å². The zero-order valence-electron chi connectivity index (χ0n) is 9.22. The van der Waals surface area contributed by atoms with Gasteiger partial charge < -0.3 is 9.84 Å². The van der Waals surface area contributed by atoms with E-state index in [4.69, 9.17) is 4.74 Å². The molecular weight excluding hydrogens is 208 g/mol. The van der Waals surface area contributed by atoms with Crippen LogP contribution in [0.1, 0.15) is 25.5 Å². The molecule has 2 atom stereocenters. The molecule has 1 N–H and O–H groups in total. The van der Waals surface area contributed by atoms with Gasteiger partial charge in [-0.25, -0.2) is 0 Å². The van der Waals surface area contributed by atoms with E-state index in [1.54, 1.807) is 11.8 Å². The summed E-state index contributed by atoms with van der Waals surface area (Å²) >= 11 is 1.63. The highest BCUT2D eigenvalue weighted by Gasteiger charge is 2.09. The minimum Gasteiger partial charge on any atom is -0.388 e. The SMILES string of the molecule is CCO[C@H](C)SC[C@@H](O)c1ccccc1. The number of aliphatic hydroxyl groups is 1. The lowest BCUT2D eigenvalue weighted by Crippen LogP contribution is -2.08. The Morgan fingerprint density at radius 1 is 1.33 bits per heavy atom. The highest BCUT2D eigenvalue weighted by Crippen LogP contribution is 2.21. The molecule has 1 aromatic carbocycles. The Balaban J connectivity index is 2.33. The molecule has 0 radical (unpaired) electrons. The summed E-state index contributed by atoms with van der Waals surface area (Å²) in [6.45, 7) is 4.70. The Labute approximate surface area is 95.7 Å². The largest absolute Gasteiger partial charge is 0.388 e. The molecule has 0 spiro atoms. The maximum atomic E-state index is 9.86. The molecule has 3 heteroatoms. The third-order valence-corrected chi connectivity index (χ3v) is 3.19. The van der Waals surface area contributed by atoms with Crippen molar-refractivity contribution in [2.75, 3.05) is 12.4 Å². The smallest absolute Gasteiger partial charge is 0.1000 e. The third kappa shape index (κ3) is 4.69. The normalized spacial score (nSPS) is 14.9. The molecule has 0 saturated heterocycles. The van der Waals surface area contributed by atoms with E-state index in [2.05, 4.69) is 0 Å². The van der Waals surface area contributed by atoms with Gasteiger partial charge in [-0.05, 0) is 19.4 Å². The molecule has 0 bridgehead atoms. The summed E-state index contributed by atoms with van der Waals surface area (Å²) in [6, 6.07) is 9.71. The van der Waals surface area contributed by atoms with Gasteiger partial charge in [-0.2, -0.15) is 0 Å². The third-order valence-electron chi connectivity index (χ3n) is 2.07. The maximum Gasteiger partial charge on any atom is 0.1000 e. The number of hydrogen-bond acceptors (Lipinski definition) is 3. The average Bonchev–Trinajstić information content (AvgIpc) is 2.27. The molecule has 0 fully saturated rings. The Hall–Kier alpha value is -0.510. The van der Waals surface area contributed by atoms with Gasteiger partial charge >= 0.3 is 0 Å². The summed E-state index contributed by atoms with van der Waals surface area (Å²) in [4.78, 5) is 0. The van der Waals surface area contributed by atoms with E-state index in [9.17, 15) is 5.11 Å². The first-order valence-electron chi connectivity index (χ1n) is 5.20. The van der Waals surface area contributed by atoms with Crippen molar-refractivity contribution in [2.24, 2.45) is 0 Å². The summed E-state index contributed by atoms with van der Waals surface area (Å²) in [5.41, 5.74) is 1.11. The number of benzene rings is 1. The van der Waals surface area contributed by atoms with Crippen LogP contribution in [-0.4, -0.2) is 22.9 Å². The second kappa shape index (κ2) is 6.88. The Morgan fingerprint density at radius 3 is 2.60 bits per heavy atom. The van der Waals surface area contributed by atoms with Crippen LogP contribution in [0.2, 0.25) is 0 Å². The van der Waals surface area contributed by atoms with Crippen LogP contribution in [-0.2, 0) is 4.74 Å². The van der Waals surface area contributed by atoms with Crippen LogP contribution in [0.4, 0.5) is 0 Å². The second-order valence-electron chi connectivity index (χ2n) is 3.28. The van der Waals surface area contributed by atoms with Crippen LogP contribution in [0.3, 0.4) is 0 Å². The van der Waals surface area contributed by atoms with Crippen LogP contribution in [0.5, 0.6) is 0 Å². The first-order valence-corrected chi connectivity index (χ1v) is 6.25. The first kappa shape index (κ1) is 12.6. The van der Waals surface area contributed by atoms with E-state index in [1.165, 1.54) is 0 Å².